The molecule has 3 rings (SSSR count). The minimum absolute atomic E-state index is 0.0738. The number of oxime groups is 1. The van der Waals surface area contributed by atoms with Crippen molar-refractivity contribution in [3.63, 3.8) is 0 Å². The molecular formula is C18H22ClN3O6S. The Morgan fingerprint density at radius 3 is 2.59 bits per heavy atom. The summed E-state index contributed by atoms with van der Waals surface area (Å²) < 4.78 is 5.66. The molecule has 0 unspecified atom stereocenters. The zero-order chi connectivity index (χ0) is 21.4. The molecule has 0 bridgehead atoms. The van der Waals surface area contributed by atoms with Crippen LogP contribution < -0.4 is 5.48 Å². The van der Waals surface area contributed by atoms with E-state index in [2.05, 4.69) is 15.6 Å². The standard InChI is InChI=1S/C18H22ClN3O6S/c1-9-20-13(14(19)29-9)12(11(23)7-10-8-26-22-15(10)24)21-28-18(5-6-18)16(25)27-17(2,3)4/h10H,5-8H2,1-4H3,(H,22,24)/b21-12+/t10-/m0/s1. The fraction of sp³-hybridized carbons (Fsp3) is 0.611. The summed E-state index contributed by atoms with van der Waals surface area (Å²) in [4.78, 5) is 51.7. The highest BCUT2D eigenvalue weighted by molar-refractivity contribution is 7.16. The number of aryl methyl sites for hydroxylation is 1. The normalized spacial score (nSPS) is 20.9. The van der Waals surface area contributed by atoms with Crippen LogP contribution in [0, 0.1) is 12.8 Å². The van der Waals surface area contributed by atoms with Crippen molar-refractivity contribution in [1.82, 2.24) is 10.5 Å². The second kappa shape index (κ2) is 8.00. The van der Waals surface area contributed by atoms with E-state index in [-0.39, 0.29) is 34.7 Å². The molecule has 1 N–H and O–H groups in total. The Morgan fingerprint density at radius 2 is 2.10 bits per heavy atom. The first-order valence-electron chi connectivity index (χ1n) is 9.08. The number of hydroxylamine groups is 1. The number of aromatic nitrogens is 1. The van der Waals surface area contributed by atoms with E-state index in [9.17, 15) is 14.4 Å². The lowest BCUT2D eigenvalue weighted by Gasteiger charge is -2.22. The highest BCUT2D eigenvalue weighted by Crippen LogP contribution is 2.42. The number of halogens is 1. The number of Topliss-reactive ketones (excluding diaryl/α,β-unsaturated/α-hetero) is 1. The molecule has 2 aliphatic rings. The van der Waals surface area contributed by atoms with Crippen molar-refractivity contribution >= 4 is 46.3 Å². The van der Waals surface area contributed by atoms with Crippen LogP contribution in [0.1, 0.15) is 50.7 Å². The molecule has 0 aromatic carbocycles. The second-order valence-electron chi connectivity index (χ2n) is 7.98. The lowest BCUT2D eigenvalue weighted by molar-refractivity contribution is -0.172. The van der Waals surface area contributed by atoms with E-state index in [1.807, 2.05) is 0 Å². The third-order valence-electron chi connectivity index (χ3n) is 4.23. The Labute approximate surface area is 176 Å². The number of rotatable bonds is 7. The van der Waals surface area contributed by atoms with E-state index in [1.165, 1.54) is 11.3 Å². The fourth-order valence-electron chi connectivity index (χ4n) is 2.57. The van der Waals surface area contributed by atoms with Gasteiger partial charge in [-0.15, -0.1) is 11.3 Å². The molecule has 1 atom stereocenters. The molecule has 0 spiro atoms. The zero-order valence-corrected chi connectivity index (χ0v) is 18.1. The maximum atomic E-state index is 12.9. The van der Waals surface area contributed by atoms with Crippen LogP contribution in [0.3, 0.4) is 0 Å². The first-order valence-corrected chi connectivity index (χ1v) is 10.3. The van der Waals surface area contributed by atoms with Gasteiger partial charge in [0.1, 0.15) is 15.6 Å². The van der Waals surface area contributed by atoms with Crippen molar-refractivity contribution < 1.29 is 28.8 Å². The van der Waals surface area contributed by atoms with Crippen LogP contribution in [-0.2, 0) is 28.8 Å². The lowest BCUT2D eigenvalue weighted by Crippen LogP contribution is -2.35. The summed E-state index contributed by atoms with van der Waals surface area (Å²) >= 11 is 7.41. The molecule has 2 heterocycles. The van der Waals surface area contributed by atoms with Gasteiger partial charge in [-0.25, -0.2) is 15.3 Å². The van der Waals surface area contributed by atoms with E-state index in [1.54, 1.807) is 27.7 Å². The topological polar surface area (TPSA) is 116 Å². The Hall–Kier alpha value is -2.04. The predicted molar refractivity (Wildman–Crippen MR) is 105 cm³/mol. The highest BCUT2D eigenvalue weighted by Gasteiger charge is 2.56. The first kappa shape index (κ1) is 21.7. The van der Waals surface area contributed by atoms with Crippen LogP contribution >= 0.6 is 22.9 Å². The quantitative estimate of drug-likeness (QED) is 0.390. The lowest BCUT2D eigenvalue weighted by atomic mass is 10.00. The Bertz CT molecular complexity index is 871. The third kappa shape index (κ3) is 5.12. The molecule has 29 heavy (non-hydrogen) atoms. The van der Waals surface area contributed by atoms with Crippen molar-refractivity contribution in [3.8, 4) is 0 Å². The Kier molecular flexibility index (Phi) is 5.98. The van der Waals surface area contributed by atoms with Crippen LogP contribution in [0.15, 0.2) is 5.16 Å². The van der Waals surface area contributed by atoms with Crippen molar-refractivity contribution in [2.75, 3.05) is 6.61 Å². The molecule has 1 aromatic rings. The van der Waals surface area contributed by atoms with Gasteiger partial charge in [0.25, 0.3) is 0 Å². The molecule has 9 nitrogen and oxygen atoms in total. The molecule has 0 radical (unpaired) electrons. The van der Waals surface area contributed by atoms with E-state index in [0.29, 0.717) is 17.8 Å². The van der Waals surface area contributed by atoms with Crippen molar-refractivity contribution in [2.45, 2.75) is 58.2 Å². The molecule has 11 heteroatoms. The summed E-state index contributed by atoms with van der Waals surface area (Å²) in [6.45, 7) is 7.08. The van der Waals surface area contributed by atoms with Crippen molar-refractivity contribution in [3.05, 3.63) is 15.0 Å². The average molecular weight is 444 g/mol. The number of thiazole rings is 1. The summed E-state index contributed by atoms with van der Waals surface area (Å²) in [6, 6.07) is 0. The van der Waals surface area contributed by atoms with Crippen molar-refractivity contribution in [2.24, 2.45) is 11.1 Å². The molecular weight excluding hydrogens is 422 g/mol. The number of hydrogen-bond acceptors (Lipinski definition) is 9. The number of esters is 1. The van der Waals surface area contributed by atoms with Crippen LogP contribution in [0.2, 0.25) is 4.34 Å². The number of ketones is 1. The number of amides is 1. The Balaban J connectivity index is 1.83. The minimum atomic E-state index is -1.22. The largest absolute Gasteiger partial charge is 0.457 e. The third-order valence-corrected chi connectivity index (χ3v) is 5.40. The van der Waals surface area contributed by atoms with E-state index in [0.717, 1.165) is 0 Å². The monoisotopic (exact) mass is 443 g/mol. The first-order chi connectivity index (χ1) is 13.5. The Morgan fingerprint density at radius 1 is 1.41 bits per heavy atom. The van der Waals surface area contributed by atoms with Crippen molar-refractivity contribution in [1.29, 1.82) is 0 Å². The molecule has 1 amide bonds. The van der Waals surface area contributed by atoms with Gasteiger partial charge in [0.2, 0.25) is 11.5 Å². The molecule has 1 saturated heterocycles. The number of carbonyl (C=O) groups excluding carboxylic acids is 3. The number of nitrogens with zero attached hydrogens (tertiary/aromatic N) is 2. The zero-order valence-electron chi connectivity index (χ0n) is 16.5. The van der Waals surface area contributed by atoms with Gasteiger partial charge in [-0.2, -0.15) is 0 Å². The van der Waals surface area contributed by atoms with Gasteiger partial charge in [0.05, 0.1) is 17.5 Å². The molecule has 2 fully saturated rings. The molecule has 158 valence electrons. The van der Waals surface area contributed by atoms with Crippen LogP contribution in [-0.4, -0.2) is 46.2 Å². The van der Waals surface area contributed by atoms with Crippen LogP contribution in [0.25, 0.3) is 0 Å². The number of carbonyl (C=O) groups is 3. The summed E-state index contributed by atoms with van der Waals surface area (Å²) in [7, 11) is 0. The maximum absolute atomic E-state index is 12.9. The van der Waals surface area contributed by atoms with Gasteiger partial charge in [-0.1, -0.05) is 16.8 Å². The minimum Gasteiger partial charge on any atom is -0.457 e. The average Bonchev–Trinajstić information content (AvgIpc) is 3.19. The van der Waals surface area contributed by atoms with Crippen LogP contribution in [0.4, 0.5) is 0 Å². The van der Waals surface area contributed by atoms with Gasteiger partial charge in [0.15, 0.2) is 11.5 Å². The SMILES string of the molecule is Cc1nc(/C(=N/OC2(C(=O)OC(C)(C)C)CC2)C(=O)C[C@H]2CONC2=O)c(Cl)s1. The summed E-state index contributed by atoms with van der Waals surface area (Å²) in [5.41, 5.74) is 0.348. The summed E-state index contributed by atoms with van der Waals surface area (Å²) in [6.07, 6.45) is 0.700. The molecule has 1 saturated carbocycles. The van der Waals surface area contributed by atoms with E-state index < -0.39 is 28.9 Å². The van der Waals surface area contributed by atoms with Gasteiger partial charge < -0.3 is 9.57 Å². The number of nitrogens with one attached hydrogen (secondary N) is 1. The second-order valence-corrected chi connectivity index (χ2v) is 9.79. The molecule has 1 aliphatic heterocycles. The van der Waals surface area contributed by atoms with Gasteiger partial charge in [-0.05, 0) is 27.7 Å². The predicted octanol–water partition coefficient (Wildman–Crippen LogP) is 2.34. The number of ether oxygens (including phenoxy) is 1. The van der Waals surface area contributed by atoms with E-state index >= 15 is 0 Å². The van der Waals surface area contributed by atoms with Gasteiger partial charge in [-0.3, -0.25) is 14.4 Å². The highest BCUT2D eigenvalue weighted by atomic mass is 35.5. The van der Waals surface area contributed by atoms with Crippen LogP contribution in [0.5, 0.6) is 0 Å². The maximum Gasteiger partial charge on any atom is 0.353 e. The number of hydrogen-bond donors (Lipinski definition) is 1. The summed E-state index contributed by atoms with van der Waals surface area (Å²) in [5.74, 6) is -2.05. The smallest absolute Gasteiger partial charge is 0.353 e. The van der Waals surface area contributed by atoms with Gasteiger partial charge in [0, 0.05) is 19.3 Å². The fourth-order valence-corrected chi connectivity index (χ4v) is 3.67. The molecule has 1 aromatic heterocycles. The molecule has 1 aliphatic carbocycles. The summed E-state index contributed by atoms with van der Waals surface area (Å²) in [5, 5.41) is 4.61. The van der Waals surface area contributed by atoms with E-state index in [4.69, 9.17) is 26.0 Å². The van der Waals surface area contributed by atoms with Gasteiger partial charge >= 0.3 is 5.97 Å².